The Morgan fingerprint density at radius 1 is 1.09 bits per heavy atom. The van der Waals surface area contributed by atoms with E-state index in [1.54, 1.807) is 0 Å². The maximum absolute atomic E-state index is 9.26. The highest BCUT2D eigenvalue weighted by Crippen LogP contribution is 2.31. The van der Waals surface area contributed by atoms with E-state index in [1.807, 2.05) is 18.2 Å². The number of hydrogen-bond donors (Lipinski definition) is 1. The fourth-order valence-corrected chi connectivity index (χ4v) is 5.53. The van der Waals surface area contributed by atoms with Crippen LogP contribution in [-0.2, 0) is 0 Å². The molecule has 5 rings (SSSR count). The zero-order valence-corrected chi connectivity index (χ0v) is 19.7. The number of anilines is 1. The fraction of sp³-hybridized carbons (Fsp3) is 0.440. The topological polar surface area (TPSA) is 75.1 Å². The van der Waals surface area contributed by atoms with E-state index in [0.29, 0.717) is 11.6 Å². The van der Waals surface area contributed by atoms with Crippen LogP contribution >= 0.6 is 11.6 Å². The molecule has 33 heavy (non-hydrogen) atoms. The summed E-state index contributed by atoms with van der Waals surface area (Å²) in [7, 11) is 0. The van der Waals surface area contributed by atoms with Gasteiger partial charge in [-0.2, -0.15) is 5.26 Å². The molecule has 0 amide bonds. The average molecular weight is 463 g/mol. The summed E-state index contributed by atoms with van der Waals surface area (Å²) in [6.07, 6.45) is 4.73. The second kappa shape index (κ2) is 9.50. The van der Waals surface area contributed by atoms with Gasteiger partial charge in [-0.3, -0.25) is 0 Å². The predicted molar refractivity (Wildman–Crippen MR) is 127 cm³/mol. The van der Waals surface area contributed by atoms with Crippen LogP contribution in [0.15, 0.2) is 42.5 Å². The number of nitrogens with one attached hydrogen (secondary N) is 1. The molecule has 7 nitrogen and oxygen atoms in total. The highest BCUT2D eigenvalue weighted by molar-refractivity contribution is 6.30. The van der Waals surface area contributed by atoms with Gasteiger partial charge in [-0.05, 0) is 60.0 Å². The number of quaternary nitrogens is 1. The second-order valence-electron chi connectivity index (χ2n) is 9.16. The minimum atomic E-state index is 0.0379. The van der Waals surface area contributed by atoms with Crippen LogP contribution in [0.1, 0.15) is 60.3 Å². The van der Waals surface area contributed by atoms with Gasteiger partial charge in [-0.15, -0.1) is 5.10 Å². The van der Waals surface area contributed by atoms with Gasteiger partial charge in [-0.25, -0.2) is 4.68 Å². The largest absolute Gasteiger partial charge is 0.360 e. The molecule has 1 aliphatic heterocycles. The Morgan fingerprint density at radius 2 is 1.82 bits per heavy atom. The number of nitriles is 1. The summed E-state index contributed by atoms with van der Waals surface area (Å²) >= 11 is 6.29. The first-order valence-corrected chi connectivity index (χ1v) is 12.2. The SMILES string of the molecule is Cc1ccc(Cl)cc1N1CC[NH+]([C@H](c2ccc(C#N)cc2)c2nnnn2C2CCCC2)CC1. The van der Waals surface area contributed by atoms with Crippen molar-refractivity contribution >= 4 is 17.3 Å². The van der Waals surface area contributed by atoms with E-state index in [4.69, 9.17) is 11.6 Å². The summed E-state index contributed by atoms with van der Waals surface area (Å²) in [5.74, 6) is 0.939. The minimum Gasteiger partial charge on any atom is -0.360 e. The average Bonchev–Trinajstić information content (AvgIpc) is 3.54. The standard InChI is InChI=1S/C25H28ClN7/c1-18-6-11-21(26)16-23(18)31-12-14-32(15-13-31)24(20-9-7-19(17-27)8-10-20)25-28-29-30-33(25)22-4-2-3-5-22/h6-11,16,22,24H,2-5,12-15H2,1H3/p+1/t24-/m1/s1. The van der Waals surface area contributed by atoms with Crippen LogP contribution in [0.2, 0.25) is 5.02 Å². The monoisotopic (exact) mass is 462 g/mol. The van der Waals surface area contributed by atoms with E-state index in [-0.39, 0.29) is 6.04 Å². The van der Waals surface area contributed by atoms with Gasteiger partial charge in [-0.1, -0.05) is 42.6 Å². The van der Waals surface area contributed by atoms with E-state index in [2.05, 4.69) is 62.4 Å². The number of benzene rings is 2. The molecule has 170 valence electrons. The molecule has 2 aromatic carbocycles. The number of tetrazole rings is 1. The quantitative estimate of drug-likeness (QED) is 0.630. The third-order valence-electron chi connectivity index (χ3n) is 7.15. The van der Waals surface area contributed by atoms with Gasteiger partial charge < -0.3 is 9.80 Å². The third-order valence-corrected chi connectivity index (χ3v) is 7.38. The molecule has 8 heteroatoms. The highest BCUT2D eigenvalue weighted by Gasteiger charge is 2.36. The molecule has 0 bridgehead atoms. The van der Waals surface area contributed by atoms with Gasteiger partial charge in [0.05, 0.1) is 43.9 Å². The Morgan fingerprint density at radius 3 is 2.52 bits per heavy atom. The Labute approximate surface area is 199 Å². The van der Waals surface area contributed by atoms with Crippen molar-refractivity contribution in [2.24, 2.45) is 0 Å². The maximum atomic E-state index is 9.26. The molecule has 2 aliphatic rings. The molecule has 0 unspecified atom stereocenters. The van der Waals surface area contributed by atoms with Crippen molar-refractivity contribution < 1.29 is 4.90 Å². The molecule has 1 N–H and O–H groups in total. The van der Waals surface area contributed by atoms with Crippen LogP contribution in [0, 0.1) is 18.3 Å². The number of hydrogen-bond acceptors (Lipinski definition) is 5. The predicted octanol–water partition coefficient (Wildman–Crippen LogP) is 3.12. The lowest BCUT2D eigenvalue weighted by atomic mass is 10.0. The number of aryl methyl sites for hydroxylation is 1. The number of halogens is 1. The van der Waals surface area contributed by atoms with Crippen molar-refractivity contribution in [1.29, 1.82) is 5.26 Å². The van der Waals surface area contributed by atoms with E-state index in [9.17, 15) is 5.26 Å². The van der Waals surface area contributed by atoms with Crippen LogP contribution in [0.25, 0.3) is 0 Å². The summed E-state index contributed by atoms with van der Waals surface area (Å²) in [5.41, 5.74) is 4.29. The van der Waals surface area contributed by atoms with Gasteiger partial charge >= 0.3 is 0 Å². The molecule has 1 atom stereocenters. The first-order valence-electron chi connectivity index (χ1n) is 11.8. The van der Waals surface area contributed by atoms with Gasteiger partial charge in [0.1, 0.15) is 0 Å². The van der Waals surface area contributed by atoms with E-state index < -0.39 is 0 Å². The van der Waals surface area contributed by atoms with Crippen LogP contribution in [-0.4, -0.2) is 46.4 Å². The first-order chi connectivity index (χ1) is 16.1. The van der Waals surface area contributed by atoms with Crippen LogP contribution in [0.4, 0.5) is 5.69 Å². The van der Waals surface area contributed by atoms with Crippen molar-refractivity contribution in [2.75, 3.05) is 31.1 Å². The van der Waals surface area contributed by atoms with Crippen molar-refractivity contribution in [3.63, 3.8) is 0 Å². The molecule has 2 fully saturated rings. The van der Waals surface area contributed by atoms with E-state index >= 15 is 0 Å². The van der Waals surface area contributed by atoms with Crippen LogP contribution in [0.5, 0.6) is 0 Å². The molecule has 1 saturated carbocycles. The third kappa shape index (κ3) is 4.46. The molecule has 1 aliphatic carbocycles. The summed E-state index contributed by atoms with van der Waals surface area (Å²) in [6.45, 7) is 5.95. The number of nitrogens with zero attached hydrogens (tertiary/aromatic N) is 6. The van der Waals surface area contributed by atoms with Crippen molar-refractivity contribution in [3.8, 4) is 6.07 Å². The lowest BCUT2D eigenvalue weighted by molar-refractivity contribution is -0.927. The lowest BCUT2D eigenvalue weighted by Gasteiger charge is -2.38. The van der Waals surface area contributed by atoms with Gasteiger partial charge in [0, 0.05) is 16.3 Å². The molecule has 1 aromatic heterocycles. The summed E-state index contributed by atoms with van der Waals surface area (Å²) < 4.78 is 2.08. The Bertz CT molecular complexity index is 1140. The van der Waals surface area contributed by atoms with Crippen molar-refractivity contribution in [3.05, 3.63) is 70.0 Å². The summed E-state index contributed by atoms with van der Waals surface area (Å²) in [5, 5.41) is 23.1. The van der Waals surface area contributed by atoms with Crippen molar-refractivity contribution in [1.82, 2.24) is 20.2 Å². The lowest BCUT2D eigenvalue weighted by Crippen LogP contribution is -3.15. The van der Waals surface area contributed by atoms with Gasteiger partial charge in [0.15, 0.2) is 6.04 Å². The Balaban J connectivity index is 1.44. The van der Waals surface area contributed by atoms with Crippen LogP contribution < -0.4 is 9.80 Å². The highest BCUT2D eigenvalue weighted by atomic mass is 35.5. The van der Waals surface area contributed by atoms with Gasteiger partial charge in [0.2, 0.25) is 5.82 Å². The molecule has 0 radical (unpaired) electrons. The first kappa shape index (κ1) is 21.9. The second-order valence-corrected chi connectivity index (χ2v) is 9.60. The van der Waals surface area contributed by atoms with Gasteiger partial charge in [0.25, 0.3) is 0 Å². The zero-order valence-electron chi connectivity index (χ0n) is 18.9. The molecule has 2 heterocycles. The smallest absolute Gasteiger partial charge is 0.214 e. The number of rotatable bonds is 5. The molecule has 3 aromatic rings. The fourth-order valence-electron chi connectivity index (χ4n) is 5.36. The molecule has 0 spiro atoms. The number of piperazine rings is 1. The maximum Gasteiger partial charge on any atom is 0.214 e. The van der Waals surface area contributed by atoms with E-state index in [1.165, 1.54) is 29.0 Å². The summed E-state index contributed by atoms with van der Waals surface area (Å²) in [6, 6.07) is 16.7. The normalized spacial score (nSPS) is 18.4. The van der Waals surface area contributed by atoms with Crippen molar-refractivity contribution in [2.45, 2.75) is 44.7 Å². The summed E-state index contributed by atoms with van der Waals surface area (Å²) in [4.78, 5) is 3.88. The Kier molecular flexibility index (Phi) is 6.30. The minimum absolute atomic E-state index is 0.0379. The number of aromatic nitrogens is 4. The van der Waals surface area contributed by atoms with E-state index in [0.717, 1.165) is 55.4 Å². The van der Waals surface area contributed by atoms with Crippen LogP contribution in [0.3, 0.4) is 0 Å². The molecule has 1 saturated heterocycles. The zero-order chi connectivity index (χ0) is 22.8. The Hall–Kier alpha value is -2.95. The molecular weight excluding hydrogens is 434 g/mol. The molecular formula is C25H29ClN7+.